The van der Waals surface area contributed by atoms with Crippen LogP contribution in [0.5, 0.6) is 0 Å². The van der Waals surface area contributed by atoms with Crippen LogP contribution in [0.3, 0.4) is 0 Å². The first-order chi connectivity index (χ1) is 6.79. The van der Waals surface area contributed by atoms with Gasteiger partial charge in [-0.25, -0.2) is 0 Å². The van der Waals surface area contributed by atoms with Gasteiger partial charge in [0, 0.05) is 10.5 Å². The van der Waals surface area contributed by atoms with E-state index in [9.17, 15) is 13.2 Å². The van der Waals surface area contributed by atoms with Crippen LogP contribution in [0, 0.1) is 6.92 Å². The third-order valence-corrected chi connectivity index (χ3v) is 2.93. The predicted octanol–water partition coefficient (Wildman–Crippen LogP) is 4.13. The van der Waals surface area contributed by atoms with E-state index in [1.807, 2.05) is 6.92 Å². The van der Waals surface area contributed by atoms with Gasteiger partial charge in [0.15, 0.2) is 0 Å². The summed E-state index contributed by atoms with van der Waals surface area (Å²) in [5.41, 5.74) is 6.92. The Morgan fingerprint density at radius 1 is 1.38 bits per heavy atom. The van der Waals surface area contributed by atoms with Crippen molar-refractivity contribution >= 4 is 28.3 Å². The van der Waals surface area contributed by atoms with Gasteiger partial charge in [0.1, 0.15) is 0 Å². The molecule has 0 heterocycles. The van der Waals surface area contributed by atoms with E-state index in [2.05, 4.69) is 15.9 Å². The fourth-order valence-electron chi connectivity index (χ4n) is 1.21. The summed E-state index contributed by atoms with van der Waals surface area (Å²) in [6.07, 6.45) is -5.22. The molecular weight excluding hydrogens is 306 g/mol. The van der Waals surface area contributed by atoms with Gasteiger partial charge in [0.2, 0.25) is 0 Å². The zero-order chi connectivity index (χ0) is 11.6. The molecule has 0 amide bonds. The Morgan fingerprint density at radius 3 is 2.38 bits per heavy atom. The zero-order valence-corrected chi connectivity index (χ0v) is 10.9. The Bertz CT molecular complexity index is 354. The number of rotatable bonds is 2. The Balaban J connectivity index is 0.00000225. The lowest BCUT2D eigenvalue weighted by Gasteiger charge is -2.15. The Labute approximate surface area is 107 Å². The van der Waals surface area contributed by atoms with Crippen molar-refractivity contribution in [1.82, 2.24) is 0 Å². The predicted molar refractivity (Wildman–Crippen MR) is 63.7 cm³/mol. The lowest BCUT2D eigenvalue weighted by molar-refractivity contribution is -0.138. The highest BCUT2D eigenvalue weighted by Crippen LogP contribution is 2.29. The number of hydrogen-bond acceptors (Lipinski definition) is 1. The monoisotopic (exact) mass is 317 g/mol. The maximum absolute atomic E-state index is 12.1. The lowest BCUT2D eigenvalue weighted by atomic mass is 10.0. The molecule has 0 radical (unpaired) electrons. The first kappa shape index (κ1) is 15.7. The van der Waals surface area contributed by atoms with E-state index in [0.717, 1.165) is 10.0 Å². The number of nitrogens with two attached hydrogens (primary N) is 1. The van der Waals surface area contributed by atoms with E-state index < -0.39 is 18.6 Å². The number of aryl methyl sites for hydroxylation is 1. The van der Waals surface area contributed by atoms with E-state index in [1.165, 1.54) is 0 Å². The third kappa shape index (κ3) is 4.72. The molecule has 0 aliphatic heterocycles. The topological polar surface area (TPSA) is 26.0 Å². The summed E-state index contributed by atoms with van der Waals surface area (Å²) in [5.74, 6) is 0. The van der Waals surface area contributed by atoms with E-state index >= 15 is 0 Å². The van der Waals surface area contributed by atoms with Crippen LogP contribution >= 0.6 is 28.3 Å². The Kier molecular flexibility index (Phi) is 5.79. The summed E-state index contributed by atoms with van der Waals surface area (Å²) in [6, 6.07) is 4.00. The average molecular weight is 319 g/mol. The van der Waals surface area contributed by atoms with Gasteiger partial charge < -0.3 is 5.73 Å². The summed E-state index contributed by atoms with van der Waals surface area (Å²) in [5, 5.41) is 0. The van der Waals surface area contributed by atoms with Crippen LogP contribution in [0.1, 0.15) is 23.6 Å². The minimum absolute atomic E-state index is 0. The van der Waals surface area contributed by atoms with Gasteiger partial charge in [0.25, 0.3) is 0 Å². The molecule has 6 heteroatoms. The summed E-state index contributed by atoms with van der Waals surface area (Å²) >= 11 is 3.26. The van der Waals surface area contributed by atoms with Crippen molar-refractivity contribution in [1.29, 1.82) is 0 Å². The Morgan fingerprint density at radius 2 is 1.94 bits per heavy atom. The van der Waals surface area contributed by atoms with E-state index in [1.54, 1.807) is 18.2 Å². The normalized spacial score (nSPS) is 13.1. The molecule has 1 nitrogen and oxygen atoms in total. The first-order valence-electron chi connectivity index (χ1n) is 4.38. The summed E-state index contributed by atoms with van der Waals surface area (Å²) in [7, 11) is 0. The van der Waals surface area contributed by atoms with Crippen LogP contribution in [-0.4, -0.2) is 6.18 Å². The van der Waals surface area contributed by atoms with Crippen LogP contribution in [0.15, 0.2) is 22.7 Å². The van der Waals surface area contributed by atoms with Gasteiger partial charge in [-0.3, -0.25) is 0 Å². The summed E-state index contributed by atoms with van der Waals surface area (Å²) in [6.45, 7) is 1.86. The van der Waals surface area contributed by atoms with Gasteiger partial charge in [-0.05, 0) is 24.1 Å². The molecule has 0 aliphatic rings. The first-order valence-corrected chi connectivity index (χ1v) is 5.17. The molecule has 1 rings (SSSR count). The molecule has 1 atom stereocenters. The molecule has 1 aromatic rings. The van der Waals surface area contributed by atoms with Crippen molar-refractivity contribution in [3.8, 4) is 0 Å². The fourth-order valence-corrected chi connectivity index (χ4v) is 1.60. The number of hydrogen-bond donors (Lipinski definition) is 1. The van der Waals surface area contributed by atoms with Crippen LogP contribution in [-0.2, 0) is 0 Å². The number of halogens is 5. The minimum Gasteiger partial charge on any atom is -0.324 e. The molecule has 92 valence electrons. The number of alkyl halides is 3. The molecule has 0 spiro atoms. The second-order valence-electron chi connectivity index (χ2n) is 3.43. The molecule has 2 N–H and O–H groups in total. The van der Waals surface area contributed by atoms with Crippen LogP contribution < -0.4 is 5.73 Å². The van der Waals surface area contributed by atoms with Crippen molar-refractivity contribution in [3.05, 3.63) is 33.8 Å². The van der Waals surface area contributed by atoms with Crippen molar-refractivity contribution in [2.24, 2.45) is 5.73 Å². The lowest BCUT2D eigenvalue weighted by Crippen LogP contribution is -2.20. The Hall–Kier alpha value is -0.260. The van der Waals surface area contributed by atoms with Gasteiger partial charge in [-0.2, -0.15) is 13.2 Å². The number of benzene rings is 1. The molecule has 0 aromatic heterocycles. The third-order valence-electron chi connectivity index (χ3n) is 2.08. The van der Waals surface area contributed by atoms with E-state index in [4.69, 9.17) is 5.73 Å². The van der Waals surface area contributed by atoms with Crippen molar-refractivity contribution < 1.29 is 13.2 Å². The second-order valence-corrected chi connectivity index (χ2v) is 4.29. The maximum atomic E-state index is 12.1. The van der Waals surface area contributed by atoms with Crippen LogP contribution in [0.4, 0.5) is 13.2 Å². The molecule has 0 saturated heterocycles. The van der Waals surface area contributed by atoms with E-state index in [-0.39, 0.29) is 12.4 Å². The van der Waals surface area contributed by atoms with Crippen molar-refractivity contribution in [2.75, 3.05) is 0 Å². The average Bonchev–Trinajstić information content (AvgIpc) is 2.06. The standard InChI is InChI=1S/C10H11BrF3N.ClH/c1-6-2-3-7(4-8(6)11)9(15)5-10(12,13)14;/h2-4,9H,5,15H2,1H3;1H/t9-;/m0./s1. The smallest absolute Gasteiger partial charge is 0.324 e. The fraction of sp³-hybridized carbons (Fsp3) is 0.400. The summed E-state index contributed by atoms with van der Waals surface area (Å²) in [4.78, 5) is 0. The second kappa shape index (κ2) is 5.89. The quantitative estimate of drug-likeness (QED) is 0.871. The zero-order valence-electron chi connectivity index (χ0n) is 8.51. The maximum Gasteiger partial charge on any atom is 0.390 e. The van der Waals surface area contributed by atoms with Crippen LogP contribution in [0.25, 0.3) is 0 Å². The van der Waals surface area contributed by atoms with Crippen LogP contribution in [0.2, 0.25) is 0 Å². The highest BCUT2D eigenvalue weighted by atomic mass is 79.9. The highest BCUT2D eigenvalue weighted by Gasteiger charge is 2.30. The minimum atomic E-state index is -4.23. The highest BCUT2D eigenvalue weighted by molar-refractivity contribution is 9.10. The molecule has 0 aliphatic carbocycles. The molecule has 0 saturated carbocycles. The molecule has 0 bridgehead atoms. The van der Waals surface area contributed by atoms with Crippen molar-refractivity contribution in [2.45, 2.75) is 25.6 Å². The van der Waals surface area contributed by atoms with Gasteiger partial charge in [0.05, 0.1) is 6.42 Å². The van der Waals surface area contributed by atoms with Gasteiger partial charge in [-0.15, -0.1) is 12.4 Å². The van der Waals surface area contributed by atoms with Crippen molar-refractivity contribution in [3.63, 3.8) is 0 Å². The molecule has 0 fully saturated rings. The molecule has 0 unspecified atom stereocenters. The SMILES string of the molecule is Cc1ccc([C@@H](N)CC(F)(F)F)cc1Br.Cl. The summed E-state index contributed by atoms with van der Waals surface area (Å²) < 4.78 is 37.0. The van der Waals surface area contributed by atoms with Gasteiger partial charge in [-0.1, -0.05) is 28.1 Å². The molecular formula is C10H12BrClF3N. The largest absolute Gasteiger partial charge is 0.390 e. The van der Waals surface area contributed by atoms with E-state index in [0.29, 0.717) is 5.56 Å². The molecule has 1 aromatic carbocycles. The molecule has 16 heavy (non-hydrogen) atoms. The van der Waals surface area contributed by atoms with Gasteiger partial charge >= 0.3 is 6.18 Å².